The molecule has 2 aliphatic carbocycles. The summed E-state index contributed by atoms with van der Waals surface area (Å²) in [6.07, 6.45) is 6.28. The molecule has 1 aromatic rings. The number of carbonyl (C=O) groups is 2. The highest BCUT2D eigenvalue weighted by molar-refractivity contribution is 5.96. The van der Waals surface area contributed by atoms with Crippen LogP contribution in [-0.4, -0.2) is 24.4 Å². The molecule has 0 saturated heterocycles. The van der Waals surface area contributed by atoms with E-state index < -0.39 is 0 Å². The topological polar surface area (TPSA) is 84.2 Å². The van der Waals surface area contributed by atoms with Crippen molar-refractivity contribution in [3.05, 3.63) is 29.8 Å². The van der Waals surface area contributed by atoms with Gasteiger partial charge in [-0.1, -0.05) is 13.3 Å². The Balaban J connectivity index is 0.00000243. The third kappa shape index (κ3) is 4.77. The summed E-state index contributed by atoms with van der Waals surface area (Å²) in [5.41, 5.74) is 7.67. The summed E-state index contributed by atoms with van der Waals surface area (Å²) in [6, 6.07) is 7.39. The lowest BCUT2D eigenvalue weighted by Crippen LogP contribution is -2.48. The van der Waals surface area contributed by atoms with Gasteiger partial charge in [0.15, 0.2) is 0 Å². The number of fused-ring (bicyclic) bond motifs is 2. The first-order chi connectivity index (χ1) is 12.1. The van der Waals surface area contributed by atoms with Gasteiger partial charge in [-0.2, -0.15) is 0 Å². The Morgan fingerprint density at radius 3 is 2.31 bits per heavy atom. The molecule has 2 unspecified atom stereocenters. The number of anilines is 1. The third-order valence-electron chi connectivity index (χ3n) is 5.73. The molecule has 0 radical (unpaired) electrons. The zero-order valence-electron chi connectivity index (χ0n) is 15.4. The highest BCUT2D eigenvalue weighted by Crippen LogP contribution is 2.42. The number of amides is 2. The minimum absolute atomic E-state index is 0. The van der Waals surface area contributed by atoms with E-state index in [2.05, 4.69) is 10.6 Å². The van der Waals surface area contributed by atoms with E-state index in [1.165, 1.54) is 6.42 Å². The van der Waals surface area contributed by atoms with Crippen LogP contribution in [0.4, 0.5) is 5.69 Å². The predicted molar refractivity (Wildman–Crippen MR) is 106 cm³/mol. The predicted octanol–water partition coefficient (Wildman–Crippen LogP) is 3.34. The molecule has 5 nitrogen and oxygen atoms in total. The number of hydrogen-bond donors (Lipinski definition) is 3. The fourth-order valence-electron chi connectivity index (χ4n) is 4.29. The first-order valence-electron chi connectivity index (χ1n) is 9.53. The van der Waals surface area contributed by atoms with E-state index in [0.29, 0.717) is 23.9 Å². The van der Waals surface area contributed by atoms with Gasteiger partial charge in [0, 0.05) is 29.8 Å². The zero-order valence-corrected chi connectivity index (χ0v) is 16.2. The van der Waals surface area contributed by atoms with E-state index in [0.717, 1.165) is 37.8 Å². The molecule has 0 heterocycles. The number of hydrogen-bond acceptors (Lipinski definition) is 3. The minimum atomic E-state index is -0.0752. The smallest absolute Gasteiger partial charge is 0.251 e. The highest BCUT2D eigenvalue weighted by Gasteiger charge is 2.40. The standard InChI is InChI=1S/C20H29N3O2.ClH/c1-2-10-22-19(24)13-6-8-17(9-7-13)23-20(25)16-11-14-4-3-5-15(12-16)18(14)21;/h6-9,14-16,18H,2-5,10-12,21H2,1H3,(H,22,24)(H,23,25);1H. The van der Waals surface area contributed by atoms with E-state index >= 15 is 0 Å². The van der Waals surface area contributed by atoms with E-state index in [1.807, 2.05) is 6.92 Å². The van der Waals surface area contributed by atoms with E-state index in [4.69, 9.17) is 5.73 Å². The van der Waals surface area contributed by atoms with Crippen molar-refractivity contribution in [2.24, 2.45) is 23.5 Å². The molecule has 0 aliphatic heterocycles. The molecule has 144 valence electrons. The van der Waals surface area contributed by atoms with Gasteiger partial charge >= 0.3 is 0 Å². The Morgan fingerprint density at radius 1 is 1.12 bits per heavy atom. The average molecular weight is 380 g/mol. The Hall–Kier alpha value is -1.59. The quantitative estimate of drug-likeness (QED) is 0.733. The minimum Gasteiger partial charge on any atom is -0.352 e. The number of carbonyl (C=O) groups excluding carboxylic acids is 2. The maximum Gasteiger partial charge on any atom is 0.251 e. The third-order valence-corrected chi connectivity index (χ3v) is 5.73. The monoisotopic (exact) mass is 379 g/mol. The van der Waals surface area contributed by atoms with Crippen molar-refractivity contribution in [1.29, 1.82) is 0 Å². The van der Waals surface area contributed by atoms with Gasteiger partial charge in [-0.3, -0.25) is 9.59 Å². The molecule has 4 N–H and O–H groups in total. The van der Waals surface area contributed by atoms with Gasteiger partial charge in [-0.15, -0.1) is 12.4 Å². The normalized spacial score (nSPS) is 27.2. The molecule has 3 rings (SSSR count). The lowest BCUT2D eigenvalue weighted by atomic mass is 9.65. The molecule has 26 heavy (non-hydrogen) atoms. The Bertz CT molecular complexity index is 606. The molecule has 2 fully saturated rings. The summed E-state index contributed by atoms with van der Waals surface area (Å²) in [6.45, 7) is 2.69. The lowest BCUT2D eigenvalue weighted by molar-refractivity contribution is -0.122. The fourth-order valence-corrected chi connectivity index (χ4v) is 4.29. The van der Waals surface area contributed by atoms with Gasteiger partial charge in [0.25, 0.3) is 5.91 Å². The van der Waals surface area contributed by atoms with Gasteiger partial charge in [-0.25, -0.2) is 0 Å². The van der Waals surface area contributed by atoms with Crippen LogP contribution in [0.1, 0.15) is 55.8 Å². The van der Waals surface area contributed by atoms with Gasteiger partial charge in [-0.05, 0) is 68.2 Å². The van der Waals surface area contributed by atoms with Crippen LogP contribution in [0.3, 0.4) is 0 Å². The summed E-state index contributed by atoms with van der Waals surface area (Å²) < 4.78 is 0. The maximum atomic E-state index is 12.6. The zero-order chi connectivity index (χ0) is 17.8. The molecular formula is C20H30ClN3O2. The Morgan fingerprint density at radius 2 is 1.73 bits per heavy atom. The van der Waals surface area contributed by atoms with Crippen LogP contribution in [0.25, 0.3) is 0 Å². The molecular weight excluding hydrogens is 350 g/mol. The van der Waals surface area contributed by atoms with Crippen molar-refractivity contribution in [2.75, 3.05) is 11.9 Å². The van der Waals surface area contributed by atoms with Crippen molar-refractivity contribution in [1.82, 2.24) is 5.32 Å². The molecule has 2 aliphatic rings. The second-order valence-electron chi connectivity index (χ2n) is 7.52. The summed E-state index contributed by atoms with van der Waals surface area (Å²) in [5.74, 6) is 1.06. The molecule has 0 spiro atoms. The molecule has 6 heteroatoms. The average Bonchev–Trinajstić information content (AvgIpc) is 2.60. The summed E-state index contributed by atoms with van der Waals surface area (Å²) in [5, 5.41) is 5.86. The number of rotatable bonds is 5. The second kappa shape index (κ2) is 9.38. The van der Waals surface area contributed by atoms with Crippen LogP contribution in [-0.2, 0) is 4.79 Å². The molecule has 1 aromatic carbocycles. The Kier molecular flexibility index (Phi) is 7.47. The number of nitrogens with two attached hydrogens (primary N) is 1. The first-order valence-corrected chi connectivity index (χ1v) is 9.53. The van der Waals surface area contributed by atoms with Crippen molar-refractivity contribution in [3.8, 4) is 0 Å². The highest BCUT2D eigenvalue weighted by atomic mass is 35.5. The van der Waals surface area contributed by atoms with Gasteiger partial charge < -0.3 is 16.4 Å². The van der Waals surface area contributed by atoms with Gasteiger partial charge in [0.1, 0.15) is 0 Å². The lowest BCUT2D eigenvalue weighted by Gasteiger charge is -2.43. The molecule has 2 atom stereocenters. The van der Waals surface area contributed by atoms with Crippen LogP contribution in [0, 0.1) is 17.8 Å². The molecule has 2 saturated carbocycles. The summed E-state index contributed by atoms with van der Waals surface area (Å²) >= 11 is 0. The van der Waals surface area contributed by atoms with E-state index in [1.54, 1.807) is 24.3 Å². The SMILES string of the molecule is CCCNC(=O)c1ccc(NC(=O)C2CC3CCCC(C2)C3N)cc1.Cl. The second-order valence-corrected chi connectivity index (χ2v) is 7.52. The summed E-state index contributed by atoms with van der Waals surface area (Å²) in [4.78, 5) is 24.6. The van der Waals surface area contributed by atoms with Crippen molar-refractivity contribution in [3.63, 3.8) is 0 Å². The maximum absolute atomic E-state index is 12.6. The number of nitrogens with one attached hydrogen (secondary N) is 2. The van der Waals surface area contributed by atoms with Crippen LogP contribution in [0.15, 0.2) is 24.3 Å². The van der Waals surface area contributed by atoms with Crippen molar-refractivity contribution < 1.29 is 9.59 Å². The van der Waals surface area contributed by atoms with E-state index in [-0.39, 0.29) is 36.2 Å². The van der Waals surface area contributed by atoms with Crippen LogP contribution in [0.5, 0.6) is 0 Å². The van der Waals surface area contributed by atoms with Crippen molar-refractivity contribution >= 4 is 29.9 Å². The Labute approximate surface area is 161 Å². The van der Waals surface area contributed by atoms with Crippen LogP contribution < -0.4 is 16.4 Å². The molecule has 2 amide bonds. The van der Waals surface area contributed by atoms with Gasteiger partial charge in [0.05, 0.1) is 0 Å². The molecule has 2 bridgehead atoms. The van der Waals surface area contributed by atoms with Crippen LogP contribution >= 0.6 is 12.4 Å². The fraction of sp³-hybridized carbons (Fsp3) is 0.600. The molecule has 0 aromatic heterocycles. The number of benzene rings is 1. The van der Waals surface area contributed by atoms with Crippen LogP contribution in [0.2, 0.25) is 0 Å². The first kappa shape index (κ1) is 20.7. The van der Waals surface area contributed by atoms with Crippen molar-refractivity contribution in [2.45, 2.75) is 51.5 Å². The number of halogens is 1. The van der Waals surface area contributed by atoms with E-state index in [9.17, 15) is 9.59 Å². The van der Waals surface area contributed by atoms with Gasteiger partial charge in [0.2, 0.25) is 5.91 Å². The summed E-state index contributed by atoms with van der Waals surface area (Å²) in [7, 11) is 0. The largest absolute Gasteiger partial charge is 0.352 e.